The number of halogens is 1. The van der Waals surface area contributed by atoms with Gasteiger partial charge in [-0.25, -0.2) is 4.39 Å². The first kappa shape index (κ1) is 23.4. The molecule has 2 aliphatic rings. The summed E-state index contributed by atoms with van der Waals surface area (Å²) in [6, 6.07) is 34.1. The summed E-state index contributed by atoms with van der Waals surface area (Å²) < 4.78 is 19.8. The van der Waals surface area contributed by atoms with E-state index in [9.17, 15) is 4.39 Å². The van der Waals surface area contributed by atoms with Gasteiger partial charge in [0.15, 0.2) is 0 Å². The molecule has 0 radical (unpaired) electrons. The van der Waals surface area contributed by atoms with Crippen LogP contribution in [0.25, 0.3) is 17.7 Å². The van der Waals surface area contributed by atoms with Gasteiger partial charge in [0.25, 0.3) is 0 Å². The lowest BCUT2D eigenvalue weighted by molar-refractivity contribution is 0.127. The van der Waals surface area contributed by atoms with E-state index < -0.39 is 0 Å². The summed E-state index contributed by atoms with van der Waals surface area (Å²) in [4.78, 5) is 2.50. The van der Waals surface area contributed by atoms with E-state index in [-0.39, 0.29) is 11.9 Å². The van der Waals surface area contributed by atoms with Gasteiger partial charge in [-0.05, 0) is 70.5 Å². The van der Waals surface area contributed by atoms with Crippen LogP contribution in [0, 0.1) is 5.82 Å². The SMILES string of the molecule is Fc1ccc(OC(CN2CCC(=C3c4ccccc4C=Cc4ccccc43)CC2)c2ccccc2)cc1. The largest absolute Gasteiger partial charge is 0.484 e. The van der Waals surface area contributed by atoms with Crippen LogP contribution in [0.2, 0.25) is 0 Å². The number of nitrogens with zero attached hydrogens (tertiary/aromatic N) is 1. The highest BCUT2D eigenvalue weighted by Crippen LogP contribution is 2.39. The van der Waals surface area contributed by atoms with Gasteiger partial charge in [-0.15, -0.1) is 0 Å². The van der Waals surface area contributed by atoms with Gasteiger partial charge in [-0.2, -0.15) is 0 Å². The molecule has 0 amide bonds. The van der Waals surface area contributed by atoms with E-state index >= 15 is 0 Å². The predicted molar refractivity (Wildman–Crippen MR) is 150 cm³/mol. The van der Waals surface area contributed by atoms with E-state index in [1.165, 1.54) is 45.5 Å². The quantitative estimate of drug-likeness (QED) is 0.249. The maximum absolute atomic E-state index is 13.4. The van der Waals surface area contributed by atoms with Crippen LogP contribution < -0.4 is 4.74 Å². The zero-order chi connectivity index (χ0) is 25.0. The number of hydrogen-bond acceptors (Lipinski definition) is 2. The fourth-order valence-corrected chi connectivity index (χ4v) is 5.49. The van der Waals surface area contributed by atoms with Crippen molar-refractivity contribution in [2.45, 2.75) is 18.9 Å². The molecule has 0 bridgehead atoms. The molecule has 0 N–H and O–H groups in total. The van der Waals surface area contributed by atoms with Gasteiger partial charge < -0.3 is 4.74 Å². The van der Waals surface area contributed by atoms with Crippen molar-refractivity contribution in [1.82, 2.24) is 4.90 Å². The summed E-state index contributed by atoms with van der Waals surface area (Å²) in [5.41, 5.74) is 9.27. The fourth-order valence-electron chi connectivity index (χ4n) is 5.49. The summed E-state index contributed by atoms with van der Waals surface area (Å²) in [6.07, 6.45) is 6.42. The van der Waals surface area contributed by atoms with E-state index in [0.717, 1.165) is 38.0 Å². The molecule has 0 saturated carbocycles. The van der Waals surface area contributed by atoms with Crippen LogP contribution in [-0.2, 0) is 0 Å². The van der Waals surface area contributed by atoms with Gasteiger partial charge >= 0.3 is 0 Å². The standard InChI is InChI=1S/C34H30FNO/c35-29-16-18-30(19-17-29)37-33(27-10-2-1-3-11-27)24-36-22-20-28(21-23-36)34-31-12-6-4-8-25(31)14-15-26-9-5-7-13-32(26)34/h1-19,33H,20-24H2. The van der Waals surface area contributed by atoms with Crippen molar-refractivity contribution < 1.29 is 9.13 Å². The smallest absolute Gasteiger partial charge is 0.136 e. The molecule has 6 rings (SSSR count). The zero-order valence-electron chi connectivity index (χ0n) is 20.8. The lowest BCUT2D eigenvalue weighted by Gasteiger charge is -2.33. The van der Waals surface area contributed by atoms with Crippen LogP contribution in [0.5, 0.6) is 5.75 Å². The van der Waals surface area contributed by atoms with Crippen molar-refractivity contribution >= 4 is 17.7 Å². The van der Waals surface area contributed by atoms with E-state index in [4.69, 9.17) is 4.74 Å². The maximum atomic E-state index is 13.4. The van der Waals surface area contributed by atoms with Crippen molar-refractivity contribution in [3.05, 3.63) is 142 Å². The van der Waals surface area contributed by atoms with Crippen molar-refractivity contribution in [3.63, 3.8) is 0 Å². The second-order valence-electron chi connectivity index (χ2n) is 9.76. The predicted octanol–water partition coefficient (Wildman–Crippen LogP) is 8.03. The average molecular weight is 488 g/mol. The van der Waals surface area contributed by atoms with Crippen LogP contribution >= 0.6 is 0 Å². The Hall–Kier alpha value is -3.95. The molecule has 4 aromatic rings. The minimum Gasteiger partial charge on any atom is -0.484 e. The molecular formula is C34H30FNO. The van der Waals surface area contributed by atoms with Crippen LogP contribution in [0.1, 0.15) is 46.8 Å². The molecule has 0 spiro atoms. The Kier molecular flexibility index (Phi) is 6.70. The maximum Gasteiger partial charge on any atom is 0.136 e. The lowest BCUT2D eigenvalue weighted by atomic mass is 9.86. The number of ether oxygens (including phenoxy) is 1. The molecule has 4 aromatic carbocycles. The summed E-state index contributed by atoms with van der Waals surface area (Å²) in [7, 11) is 0. The first-order valence-electron chi connectivity index (χ1n) is 13.0. The molecule has 1 fully saturated rings. The minimum absolute atomic E-state index is 0.121. The highest BCUT2D eigenvalue weighted by molar-refractivity contribution is 5.94. The van der Waals surface area contributed by atoms with Gasteiger partial charge in [0.1, 0.15) is 17.7 Å². The lowest BCUT2D eigenvalue weighted by Crippen LogP contribution is -2.36. The number of fused-ring (bicyclic) bond motifs is 2. The number of rotatable bonds is 5. The molecule has 2 nitrogen and oxygen atoms in total. The van der Waals surface area contributed by atoms with Crippen LogP contribution in [-0.4, -0.2) is 24.5 Å². The number of benzene rings is 4. The first-order valence-corrected chi connectivity index (χ1v) is 13.0. The Balaban J connectivity index is 1.25. The Bertz CT molecular complexity index is 1380. The van der Waals surface area contributed by atoms with E-state index in [0.29, 0.717) is 5.75 Å². The average Bonchev–Trinajstić information content (AvgIpc) is 3.12. The van der Waals surface area contributed by atoms with Crippen LogP contribution in [0.3, 0.4) is 0 Å². The fraction of sp³-hybridized carbons (Fsp3) is 0.176. The Morgan fingerprint density at radius 1 is 0.676 bits per heavy atom. The molecular weight excluding hydrogens is 457 g/mol. The Morgan fingerprint density at radius 3 is 1.86 bits per heavy atom. The van der Waals surface area contributed by atoms with Gasteiger partial charge in [0, 0.05) is 19.6 Å². The molecule has 3 heteroatoms. The van der Waals surface area contributed by atoms with Crippen molar-refractivity contribution in [2.75, 3.05) is 19.6 Å². The molecule has 1 aliphatic carbocycles. The molecule has 0 aromatic heterocycles. The van der Waals surface area contributed by atoms with Crippen molar-refractivity contribution in [1.29, 1.82) is 0 Å². The van der Waals surface area contributed by atoms with Crippen molar-refractivity contribution in [2.24, 2.45) is 0 Å². The molecule has 1 unspecified atom stereocenters. The van der Waals surface area contributed by atoms with Gasteiger partial charge in [-0.3, -0.25) is 4.90 Å². The number of piperidine rings is 1. The van der Waals surface area contributed by atoms with Gasteiger partial charge in [-0.1, -0.05) is 96.6 Å². The summed E-state index contributed by atoms with van der Waals surface area (Å²) in [6.45, 7) is 2.75. The van der Waals surface area contributed by atoms with E-state index in [1.54, 1.807) is 12.1 Å². The van der Waals surface area contributed by atoms with Crippen LogP contribution in [0.15, 0.2) is 109 Å². The Morgan fingerprint density at radius 2 is 1.24 bits per heavy atom. The van der Waals surface area contributed by atoms with Gasteiger partial charge in [0.05, 0.1) is 0 Å². The summed E-state index contributed by atoms with van der Waals surface area (Å²) in [5, 5.41) is 0. The highest BCUT2D eigenvalue weighted by Gasteiger charge is 2.25. The van der Waals surface area contributed by atoms with E-state index in [2.05, 4.69) is 77.7 Å². The second kappa shape index (κ2) is 10.6. The topological polar surface area (TPSA) is 12.5 Å². The Labute approximate surface area is 218 Å². The van der Waals surface area contributed by atoms with Crippen molar-refractivity contribution in [3.8, 4) is 5.75 Å². The number of likely N-dealkylation sites (tertiary alicyclic amines) is 1. The normalized spacial score (nSPS) is 16.0. The third-order valence-electron chi connectivity index (χ3n) is 7.40. The third kappa shape index (κ3) is 5.14. The highest BCUT2D eigenvalue weighted by atomic mass is 19.1. The van der Waals surface area contributed by atoms with E-state index in [1.807, 2.05) is 18.2 Å². The monoisotopic (exact) mass is 487 g/mol. The molecule has 1 heterocycles. The first-order chi connectivity index (χ1) is 18.2. The second-order valence-corrected chi connectivity index (χ2v) is 9.76. The number of hydrogen-bond donors (Lipinski definition) is 0. The van der Waals surface area contributed by atoms with Crippen LogP contribution in [0.4, 0.5) is 4.39 Å². The molecule has 1 saturated heterocycles. The third-order valence-corrected chi connectivity index (χ3v) is 7.40. The molecule has 1 atom stereocenters. The molecule has 1 aliphatic heterocycles. The zero-order valence-corrected chi connectivity index (χ0v) is 20.8. The molecule has 37 heavy (non-hydrogen) atoms. The minimum atomic E-state index is -0.253. The van der Waals surface area contributed by atoms with Gasteiger partial charge in [0.2, 0.25) is 0 Å². The summed E-state index contributed by atoms with van der Waals surface area (Å²) >= 11 is 0. The summed E-state index contributed by atoms with van der Waals surface area (Å²) in [5.74, 6) is 0.436. The molecule has 184 valence electrons.